The Morgan fingerprint density at radius 3 is 1.27 bits per heavy atom. The van der Waals surface area contributed by atoms with Crippen LogP contribution in [0, 0.1) is 0 Å². The van der Waals surface area contributed by atoms with Gasteiger partial charge in [-0.15, -0.1) is 0 Å². The van der Waals surface area contributed by atoms with Gasteiger partial charge < -0.3 is 64.2 Å². The number of carbonyl (C=O) groups excluding carboxylic acids is 2. The standard InChI is InChI=1S/C60H110O15/c1-3-5-7-9-11-13-15-17-19-21-23-25-26-28-30-32-34-36-38-40-42-51(62)70-45-48(73-52(63)43-41-39-37-35-33-31-29-27-24-22-20-18-16-14-12-10-8-6-4-2)46-71-59-58(69)56(67)54(65)50(75-59)47-72-60-57(68)55(66)53(64)49(44-61)74-60/h12,14,18,20,48-50,53-61,64-69H,3-11,13,15-17,19,21-47H2,1-2H3/b14-12+,20-18+/t48-,49+,50+,53-,54-,55?,56?,57?,58?,59+,60+/m0/s1. The van der Waals surface area contributed by atoms with Crippen LogP contribution in [-0.2, 0) is 38.0 Å². The number of aliphatic hydroxyl groups is 7. The van der Waals surface area contributed by atoms with Crippen molar-refractivity contribution in [3.8, 4) is 0 Å². The quantitative estimate of drug-likeness (QED) is 0.0171. The van der Waals surface area contributed by atoms with Gasteiger partial charge in [-0.2, -0.15) is 0 Å². The Bertz CT molecular complexity index is 1400. The van der Waals surface area contributed by atoms with Crippen molar-refractivity contribution < 1.29 is 73.8 Å². The molecule has 0 aromatic heterocycles. The summed E-state index contributed by atoms with van der Waals surface area (Å²) >= 11 is 0. The van der Waals surface area contributed by atoms with Gasteiger partial charge in [0.2, 0.25) is 0 Å². The maximum absolute atomic E-state index is 13.1. The summed E-state index contributed by atoms with van der Waals surface area (Å²) in [7, 11) is 0. The summed E-state index contributed by atoms with van der Waals surface area (Å²) in [4.78, 5) is 25.9. The zero-order chi connectivity index (χ0) is 54.6. The van der Waals surface area contributed by atoms with E-state index in [1.165, 1.54) is 154 Å². The van der Waals surface area contributed by atoms with E-state index in [4.69, 9.17) is 28.4 Å². The molecule has 440 valence electrons. The van der Waals surface area contributed by atoms with Gasteiger partial charge in [0, 0.05) is 12.8 Å². The molecule has 0 aliphatic carbocycles. The summed E-state index contributed by atoms with van der Waals surface area (Å²) in [5.41, 5.74) is 0. The molecular formula is C60H110O15. The minimum Gasteiger partial charge on any atom is -0.462 e. The zero-order valence-electron chi connectivity index (χ0n) is 47.0. The molecule has 2 aliphatic heterocycles. The van der Waals surface area contributed by atoms with Gasteiger partial charge in [0.05, 0.1) is 19.8 Å². The molecular weight excluding hydrogens is 961 g/mol. The Balaban J connectivity index is 1.73. The second-order valence-electron chi connectivity index (χ2n) is 21.5. The summed E-state index contributed by atoms with van der Waals surface area (Å²) in [5.74, 6) is -0.915. The number of hydrogen-bond donors (Lipinski definition) is 7. The Hall–Kier alpha value is -2.02. The Kier molecular flexibility index (Phi) is 43.2. The van der Waals surface area contributed by atoms with E-state index in [2.05, 4.69) is 38.2 Å². The third kappa shape index (κ3) is 33.9. The van der Waals surface area contributed by atoms with Crippen LogP contribution in [0.2, 0.25) is 0 Å². The van der Waals surface area contributed by atoms with Crippen molar-refractivity contribution in [3.63, 3.8) is 0 Å². The molecule has 0 spiro atoms. The van der Waals surface area contributed by atoms with E-state index in [9.17, 15) is 45.3 Å². The first-order valence-corrected chi connectivity index (χ1v) is 30.4. The highest BCUT2D eigenvalue weighted by Crippen LogP contribution is 2.27. The molecule has 0 aromatic rings. The topological polar surface area (TPSA) is 231 Å². The molecule has 11 atom stereocenters. The minimum atomic E-state index is -1.76. The molecule has 2 saturated heterocycles. The Morgan fingerprint density at radius 1 is 0.427 bits per heavy atom. The number of ether oxygens (including phenoxy) is 6. The van der Waals surface area contributed by atoms with Gasteiger partial charge in [0.25, 0.3) is 0 Å². The Labute approximate surface area is 453 Å². The smallest absolute Gasteiger partial charge is 0.306 e. The maximum atomic E-state index is 13.1. The molecule has 15 heteroatoms. The molecule has 15 nitrogen and oxygen atoms in total. The summed E-state index contributed by atoms with van der Waals surface area (Å²) in [6, 6.07) is 0. The van der Waals surface area contributed by atoms with Gasteiger partial charge in [-0.25, -0.2) is 0 Å². The first-order chi connectivity index (χ1) is 36.5. The molecule has 7 N–H and O–H groups in total. The highest BCUT2D eigenvalue weighted by atomic mass is 16.7. The number of esters is 2. The molecule has 0 radical (unpaired) electrons. The highest BCUT2D eigenvalue weighted by Gasteiger charge is 2.47. The fourth-order valence-electron chi connectivity index (χ4n) is 9.72. The summed E-state index contributed by atoms with van der Waals surface area (Å²) in [5, 5.41) is 72.3. The number of unbranched alkanes of at least 4 members (excludes halogenated alkanes) is 31. The van der Waals surface area contributed by atoms with Crippen LogP contribution in [0.25, 0.3) is 0 Å². The van der Waals surface area contributed by atoms with E-state index >= 15 is 0 Å². The normalized spacial score (nSPS) is 24.6. The van der Waals surface area contributed by atoms with Crippen molar-refractivity contribution in [1.82, 2.24) is 0 Å². The van der Waals surface area contributed by atoms with Crippen molar-refractivity contribution in [1.29, 1.82) is 0 Å². The predicted octanol–water partition coefficient (Wildman–Crippen LogP) is 10.7. The average molecular weight is 1070 g/mol. The summed E-state index contributed by atoms with van der Waals surface area (Å²) in [6.07, 6.45) is 34.8. The van der Waals surface area contributed by atoms with Gasteiger partial charge >= 0.3 is 11.9 Å². The van der Waals surface area contributed by atoms with E-state index in [1.807, 2.05) is 0 Å². The molecule has 75 heavy (non-hydrogen) atoms. The molecule has 0 saturated carbocycles. The monoisotopic (exact) mass is 1070 g/mol. The van der Waals surface area contributed by atoms with Gasteiger partial charge in [-0.05, 0) is 44.9 Å². The molecule has 0 bridgehead atoms. The van der Waals surface area contributed by atoms with E-state index in [0.717, 1.165) is 57.8 Å². The second kappa shape index (κ2) is 46.9. The van der Waals surface area contributed by atoms with Crippen LogP contribution >= 0.6 is 0 Å². The molecule has 2 fully saturated rings. The van der Waals surface area contributed by atoms with E-state index in [1.54, 1.807) is 0 Å². The average Bonchev–Trinajstić information content (AvgIpc) is 3.40. The lowest BCUT2D eigenvalue weighted by Gasteiger charge is -2.42. The molecule has 0 amide bonds. The first kappa shape index (κ1) is 69.1. The molecule has 2 rings (SSSR count). The van der Waals surface area contributed by atoms with Crippen molar-refractivity contribution in [2.45, 2.75) is 319 Å². The first-order valence-electron chi connectivity index (χ1n) is 30.4. The van der Waals surface area contributed by atoms with Crippen LogP contribution in [0.3, 0.4) is 0 Å². The van der Waals surface area contributed by atoms with E-state index < -0.39 is 92.7 Å². The Morgan fingerprint density at radius 2 is 0.800 bits per heavy atom. The maximum Gasteiger partial charge on any atom is 0.306 e. The zero-order valence-corrected chi connectivity index (χ0v) is 47.0. The predicted molar refractivity (Wildman–Crippen MR) is 294 cm³/mol. The minimum absolute atomic E-state index is 0.164. The summed E-state index contributed by atoms with van der Waals surface area (Å²) < 4.78 is 33.7. The fourth-order valence-corrected chi connectivity index (χ4v) is 9.72. The largest absolute Gasteiger partial charge is 0.462 e. The van der Waals surface area contributed by atoms with Crippen LogP contribution in [0.5, 0.6) is 0 Å². The lowest BCUT2D eigenvalue weighted by atomic mass is 9.98. The van der Waals surface area contributed by atoms with Crippen molar-refractivity contribution in [2.24, 2.45) is 0 Å². The van der Waals surface area contributed by atoms with Gasteiger partial charge in [-0.3, -0.25) is 9.59 Å². The van der Waals surface area contributed by atoms with Gasteiger partial charge in [-0.1, -0.05) is 218 Å². The number of carbonyl (C=O) groups is 2. The lowest BCUT2D eigenvalue weighted by Crippen LogP contribution is -2.61. The molecule has 0 aromatic carbocycles. The van der Waals surface area contributed by atoms with E-state index in [-0.39, 0.29) is 26.1 Å². The number of aliphatic hydroxyl groups excluding tert-OH is 7. The number of rotatable bonds is 49. The van der Waals surface area contributed by atoms with Crippen LogP contribution in [0.1, 0.15) is 251 Å². The number of hydrogen-bond acceptors (Lipinski definition) is 15. The van der Waals surface area contributed by atoms with Crippen LogP contribution in [0.15, 0.2) is 24.3 Å². The van der Waals surface area contributed by atoms with Crippen molar-refractivity contribution in [2.75, 3.05) is 26.4 Å². The highest BCUT2D eigenvalue weighted by molar-refractivity contribution is 5.70. The van der Waals surface area contributed by atoms with Crippen LogP contribution in [0.4, 0.5) is 0 Å². The van der Waals surface area contributed by atoms with Crippen molar-refractivity contribution in [3.05, 3.63) is 24.3 Å². The SMILES string of the molecule is CCCCC/C=C/C/C=C/CCCCCCCCCCCC(=O)O[C@@H](COC(=O)CCCCCCCCCCCCCCCCCCCCCC)CO[C@@H]1O[C@H](CO[C@@H]2O[C@H](CO)[C@H](O)C(O)C2O)[C@H](O)C(O)C1O. The lowest BCUT2D eigenvalue weighted by molar-refractivity contribution is -0.332. The second-order valence-corrected chi connectivity index (χ2v) is 21.5. The molecule has 4 unspecified atom stereocenters. The van der Waals surface area contributed by atoms with E-state index in [0.29, 0.717) is 12.8 Å². The third-order valence-electron chi connectivity index (χ3n) is 14.7. The third-order valence-corrected chi connectivity index (χ3v) is 14.7. The molecule has 2 aliphatic rings. The van der Waals surface area contributed by atoms with Gasteiger partial charge in [0.1, 0.15) is 55.4 Å². The van der Waals surface area contributed by atoms with Crippen LogP contribution < -0.4 is 0 Å². The molecule has 2 heterocycles. The van der Waals surface area contributed by atoms with Crippen LogP contribution in [-0.4, -0.2) is 142 Å². The number of allylic oxidation sites excluding steroid dienone is 4. The fraction of sp³-hybridized carbons (Fsp3) is 0.900. The summed E-state index contributed by atoms with van der Waals surface area (Å²) in [6.45, 7) is 2.62. The van der Waals surface area contributed by atoms with Crippen molar-refractivity contribution >= 4 is 11.9 Å². The van der Waals surface area contributed by atoms with Gasteiger partial charge in [0.15, 0.2) is 18.7 Å².